The molecule has 0 unspecified atom stereocenters. The van der Waals surface area contributed by atoms with E-state index in [1.54, 1.807) is 24.3 Å². The maximum absolute atomic E-state index is 16.4. The Balaban J connectivity index is 0.923. The van der Waals surface area contributed by atoms with Crippen molar-refractivity contribution < 1.29 is 18.3 Å². The number of hydrogen-bond acceptors (Lipinski definition) is 14. The fourth-order valence-electron chi connectivity index (χ4n) is 8.37. The van der Waals surface area contributed by atoms with Gasteiger partial charge in [0.2, 0.25) is 11.8 Å². The Morgan fingerprint density at radius 2 is 1.22 bits per heavy atom. The van der Waals surface area contributed by atoms with E-state index in [-0.39, 0.29) is 63.7 Å². The lowest BCUT2D eigenvalue weighted by Gasteiger charge is -2.34. The quantitative estimate of drug-likeness (QED) is 0.0785. The van der Waals surface area contributed by atoms with Gasteiger partial charge in [-0.05, 0) is 98.9 Å². The van der Waals surface area contributed by atoms with E-state index in [9.17, 15) is 10.5 Å². The summed E-state index contributed by atoms with van der Waals surface area (Å²) in [5.74, 6) is -1.33. The molecule has 67 heavy (non-hydrogen) atoms. The van der Waals surface area contributed by atoms with E-state index in [4.69, 9.17) is 14.5 Å². The number of fused-ring (bicyclic) bond motifs is 2. The third-order valence-corrected chi connectivity index (χ3v) is 11.9. The predicted octanol–water partition coefficient (Wildman–Crippen LogP) is 8.38. The summed E-state index contributed by atoms with van der Waals surface area (Å²) in [6, 6.07) is 29.5. The molecule has 2 aliphatic heterocycles. The van der Waals surface area contributed by atoms with E-state index >= 15 is 8.78 Å². The van der Waals surface area contributed by atoms with Crippen LogP contribution in [0.1, 0.15) is 28.3 Å². The third kappa shape index (κ3) is 8.91. The van der Waals surface area contributed by atoms with Gasteiger partial charge in [0.15, 0.2) is 45.9 Å². The number of nitriles is 2. The van der Waals surface area contributed by atoms with Crippen LogP contribution in [0.25, 0.3) is 21.8 Å². The van der Waals surface area contributed by atoms with E-state index in [0.717, 1.165) is 69.4 Å². The summed E-state index contributed by atoms with van der Waals surface area (Å²) in [5.41, 5.74) is 5.84. The normalized spacial score (nSPS) is 14.2. The molecule has 0 amide bonds. The Hall–Kier alpha value is -8.32. The van der Waals surface area contributed by atoms with Gasteiger partial charge in [0.05, 0.1) is 0 Å². The molecule has 0 atom stereocenters. The molecule has 2 saturated heterocycles. The number of aryl methyl sites for hydroxylation is 1. The molecule has 18 heteroatoms. The van der Waals surface area contributed by atoms with Crippen LogP contribution < -0.4 is 35.2 Å². The molecule has 4 aromatic heterocycles. The second kappa shape index (κ2) is 18.3. The van der Waals surface area contributed by atoms with Crippen molar-refractivity contribution in [3.63, 3.8) is 0 Å². The van der Waals surface area contributed by atoms with Crippen LogP contribution in [0.15, 0.2) is 91.3 Å². The SMILES string of the molecule is Cc1cc2c(F)c(Oc3nc(Cc4cc5c(F)c(Oc6ncnc(Nc7ccc(N8CCNCC8)cc7)c6C#N)ccc5[nH]4)nc(Nc4ccc(N5CCN(C)CC5)cc4)c3C#N)ccc2[nH]1. The number of aromatic nitrogens is 6. The van der Waals surface area contributed by atoms with E-state index in [1.165, 1.54) is 18.5 Å². The molecule has 6 heterocycles. The highest BCUT2D eigenvalue weighted by molar-refractivity contribution is 5.84. The molecule has 16 nitrogen and oxygen atoms in total. The van der Waals surface area contributed by atoms with Crippen molar-refractivity contribution in [2.75, 3.05) is 79.8 Å². The summed E-state index contributed by atoms with van der Waals surface area (Å²) >= 11 is 0. The first-order chi connectivity index (χ1) is 32.7. The molecule has 2 aliphatic rings. The van der Waals surface area contributed by atoms with Crippen LogP contribution in [-0.4, -0.2) is 94.2 Å². The number of H-pyrrole nitrogens is 2. The van der Waals surface area contributed by atoms with Crippen molar-refractivity contribution >= 4 is 56.2 Å². The molecule has 4 aromatic carbocycles. The van der Waals surface area contributed by atoms with Crippen molar-refractivity contribution in [3.8, 4) is 35.4 Å². The molecule has 8 aromatic rings. The number of aromatic amines is 2. The molecule has 0 radical (unpaired) electrons. The van der Waals surface area contributed by atoms with Crippen molar-refractivity contribution in [1.29, 1.82) is 10.5 Å². The Morgan fingerprint density at radius 1 is 0.657 bits per heavy atom. The van der Waals surface area contributed by atoms with Crippen LogP contribution in [0.2, 0.25) is 0 Å². The van der Waals surface area contributed by atoms with Gasteiger partial charge in [-0.2, -0.15) is 15.5 Å². The molecule has 336 valence electrons. The van der Waals surface area contributed by atoms with Gasteiger partial charge in [0.1, 0.15) is 24.3 Å². The number of likely N-dealkylation sites (N-methyl/N-ethyl adjacent to an activating group) is 1. The number of benzene rings is 4. The fraction of sp³-hybridized carbons (Fsp3) is 0.224. The van der Waals surface area contributed by atoms with E-state index < -0.39 is 11.6 Å². The Morgan fingerprint density at radius 3 is 1.87 bits per heavy atom. The number of anilines is 6. The number of rotatable bonds is 12. The van der Waals surface area contributed by atoms with Crippen LogP contribution in [0.3, 0.4) is 0 Å². The Bertz CT molecular complexity index is 3200. The zero-order valence-electron chi connectivity index (χ0n) is 36.6. The van der Waals surface area contributed by atoms with Crippen LogP contribution >= 0.6 is 0 Å². The van der Waals surface area contributed by atoms with E-state index in [0.29, 0.717) is 33.5 Å². The van der Waals surface area contributed by atoms with Gasteiger partial charge in [-0.25, -0.2) is 23.7 Å². The topological polar surface area (TPSA) is 195 Å². The molecular weight excluding hydrogens is 855 g/mol. The lowest BCUT2D eigenvalue weighted by molar-refractivity contribution is 0.313. The summed E-state index contributed by atoms with van der Waals surface area (Å²) in [5, 5.41) is 31.0. The summed E-state index contributed by atoms with van der Waals surface area (Å²) in [6.07, 6.45) is 1.28. The Kier molecular flexibility index (Phi) is 11.6. The number of nitrogens with one attached hydrogen (secondary N) is 5. The zero-order valence-corrected chi connectivity index (χ0v) is 36.6. The number of halogens is 2. The monoisotopic (exact) mass is 898 g/mol. The number of ether oxygens (including phenoxy) is 2. The summed E-state index contributed by atoms with van der Waals surface area (Å²) in [6.45, 7) is 9.24. The number of hydrogen-bond donors (Lipinski definition) is 5. The highest BCUT2D eigenvalue weighted by Gasteiger charge is 2.23. The molecule has 0 spiro atoms. The van der Waals surface area contributed by atoms with Gasteiger partial charge in [-0.1, -0.05) is 0 Å². The minimum atomic E-state index is -0.696. The molecule has 10 rings (SSSR count). The van der Waals surface area contributed by atoms with Gasteiger partial charge < -0.3 is 50.1 Å². The lowest BCUT2D eigenvalue weighted by atomic mass is 10.2. The first-order valence-corrected chi connectivity index (χ1v) is 21.8. The zero-order chi connectivity index (χ0) is 46.0. The maximum Gasteiger partial charge on any atom is 0.243 e. The largest absolute Gasteiger partial charge is 0.434 e. The minimum Gasteiger partial charge on any atom is -0.434 e. The summed E-state index contributed by atoms with van der Waals surface area (Å²) in [7, 11) is 2.11. The standard InChI is InChI=1S/C49H44F2N14O2/c1-29-23-35-39(57-29)11-13-42(44(35)50)67-49-38(27-53)47(60-31-5-9-34(10-6-31)65-21-19-63(2)20-22-65)61-43(62-49)25-32-24-36-40(58-32)12-14-41(45(36)51)66-48-37(26-52)46(55-28-56-48)59-30-3-7-33(8-4-30)64-17-15-54-16-18-64/h3-14,23-24,28,54,57-58H,15-22,25H2,1-2H3,(H,55,56,59)(H,60,61,62). The molecule has 2 fully saturated rings. The first kappa shape index (κ1) is 42.6. The summed E-state index contributed by atoms with van der Waals surface area (Å²) in [4.78, 5) is 31.1. The number of piperazine rings is 2. The van der Waals surface area contributed by atoms with E-state index in [2.05, 4.69) is 74.8 Å². The highest BCUT2D eigenvalue weighted by atomic mass is 19.1. The minimum absolute atomic E-state index is 0.00247. The van der Waals surface area contributed by atoms with Crippen LogP contribution in [0.4, 0.5) is 43.2 Å². The highest BCUT2D eigenvalue weighted by Crippen LogP contribution is 2.36. The number of nitrogens with zero attached hydrogens (tertiary/aromatic N) is 9. The van der Waals surface area contributed by atoms with Gasteiger partial charge in [-0.15, -0.1) is 0 Å². The van der Waals surface area contributed by atoms with E-state index in [1.807, 2.05) is 55.5 Å². The van der Waals surface area contributed by atoms with Crippen LogP contribution in [0.5, 0.6) is 23.3 Å². The first-order valence-electron chi connectivity index (χ1n) is 21.8. The van der Waals surface area contributed by atoms with Crippen molar-refractivity contribution in [1.82, 2.24) is 40.1 Å². The van der Waals surface area contributed by atoms with Gasteiger partial charge >= 0.3 is 0 Å². The Labute approximate surface area is 383 Å². The lowest BCUT2D eigenvalue weighted by Crippen LogP contribution is -2.44. The van der Waals surface area contributed by atoms with Gasteiger partial charge in [0, 0.05) is 115 Å². The summed E-state index contributed by atoms with van der Waals surface area (Å²) < 4.78 is 44.3. The fourth-order valence-corrected chi connectivity index (χ4v) is 8.37. The maximum atomic E-state index is 16.4. The van der Waals surface area contributed by atoms with Crippen LogP contribution in [0, 0.1) is 41.2 Å². The molecular formula is C49H44F2N14O2. The third-order valence-electron chi connectivity index (χ3n) is 11.9. The van der Waals surface area contributed by atoms with Gasteiger partial charge in [0.25, 0.3) is 0 Å². The molecule has 5 N–H and O–H groups in total. The molecule has 0 bridgehead atoms. The average molecular weight is 899 g/mol. The predicted molar refractivity (Wildman–Crippen MR) is 252 cm³/mol. The van der Waals surface area contributed by atoms with Crippen LogP contribution in [-0.2, 0) is 6.42 Å². The molecule has 0 saturated carbocycles. The van der Waals surface area contributed by atoms with Crippen molar-refractivity contribution in [2.45, 2.75) is 13.3 Å². The average Bonchev–Trinajstić information content (AvgIpc) is 3.95. The smallest absolute Gasteiger partial charge is 0.243 e. The van der Waals surface area contributed by atoms with Crippen molar-refractivity contribution in [3.05, 3.63) is 131 Å². The van der Waals surface area contributed by atoms with Crippen molar-refractivity contribution in [2.24, 2.45) is 0 Å². The molecule has 0 aliphatic carbocycles. The second-order valence-corrected chi connectivity index (χ2v) is 16.5. The van der Waals surface area contributed by atoms with Gasteiger partial charge in [-0.3, -0.25) is 0 Å². The second-order valence-electron chi connectivity index (χ2n) is 16.5.